The summed E-state index contributed by atoms with van der Waals surface area (Å²) in [6.45, 7) is 3.12. The lowest BCUT2D eigenvalue weighted by Gasteiger charge is -2.37. The van der Waals surface area contributed by atoms with E-state index in [2.05, 4.69) is 5.32 Å². The predicted molar refractivity (Wildman–Crippen MR) is 104 cm³/mol. The zero-order valence-electron chi connectivity index (χ0n) is 16.2. The number of nitrogens with one attached hydrogen (secondary N) is 1. The van der Waals surface area contributed by atoms with Crippen LogP contribution in [0, 0.1) is 0 Å². The number of carbonyl (C=O) groups is 1. The SMILES string of the molecule is COc1ccc(C2(C(=O)N[C@@H](C)c3ccccc3)CCOCC2)cc1OC. The molecule has 0 saturated carbocycles. The van der Waals surface area contributed by atoms with E-state index in [9.17, 15) is 4.79 Å². The van der Waals surface area contributed by atoms with Crippen LogP contribution >= 0.6 is 0 Å². The number of hydrogen-bond acceptors (Lipinski definition) is 4. The second-order valence-electron chi connectivity index (χ2n) is 6.87. The van der Waals surface area contributed by atoms with Gasteiger partial charge in [-0.25, -0.2) is 0 Å². The first-order chi connectivity index (χ1) is 13.1. The van der Waals surface area contributed by atoms with E-state index in [-0.39, 0.29) is 11.9 Å². The average molecular weight is 369 g/mol. The lowest BCUT2D eigenvalue weighted by Crippen LogP contribution is -2.48. The van der Waals surface area contributed by atoms with Gasteiger partial charge in [0, 0.05) is 13.2 Å². The Bertz CT molecular complexity index is 769. The summed E-state index contributed by atoms with van der Waals surface area (Å²) in [5.41, 5.74) is 1.38. The first-order valence-corrected chi connectivity index (χ1v) is 9.27. The van der Waals surface area contributed by atoms with Gasteiger partial charge in [-0.15, -0.1) is 0 Å². The van der Waals surface area contributed by atoms with Crippen molar-refractivity contribution >= 4 is 5.91 Å². The number of methoxy groups -OCH3 is 2. The summed E-state index contributed by atoms with van der Waals surface area (Å²) in [6, 6.07) is 15.7. The lowest BCUT2D eigenvalue weighted by molar-refractivity contribution is -0.131. The standard InChI is InChI=1S/C22H27NO4/c1-16(17-7-5-4-6-8-17)23-21(24)22(11-13-27-14-12-22)18-9-10-19(25-2)20(15-18)26-3/h4-10,15-16H,11-14H2,1-3H3,(H,23,24)/t16-/m0/s1. The highest BCUT2D eigenvalue weighted by Crippen LogP contribution is 2.39. The van der Waals surface area contributed by atoms with Crippen LogP contribution in [-0.4, -0.2) is 33.3 Å². The van der Waals surface area contributed by atoms with Crippen molar-refractivity contribution in [3.05, 3.63) is 59.7 Å². The maximum absolute atomic E-state index is 13.4. The molecule has 5 heteroatoms. The third kappa shape index (κ3) is 3.93. The van der Waals surface area contributed by atoms with Crippen molar-refractivity contribution in [1.29, 1.82) is 0 Å². The molecule has 0 aromatic heterocycles. The van der Waals surface area contributed by atoms with Crippen molar-refractivity contribution < 1.29 is 19.0 Å². The molecule has 0 aliphatic carbocycles. The van der Waals surface area contributed by atoms with Gasteiger partial charge in [0.25, 0.3) is 0 Å². The molecule has 0 unspecified atom stereocenters. The minimum absolute atomic E-state index is 0.0226. The van der Waals surface area contributed by atoms with Gasteiger partial charge in [0.2, 0.25) is 5.91 Å². The van der Waals surface area contributed by atoms with Gasteiger partial charge in [-0.1, -0.05) is 36.4 Å². The minimum atomic E-state index is -0.638. The summed E-state index contributed by atoms with van der Waals surface area (Å²) in [5.74, 6) is 1.31. The van der Waals surface area contributed by atoms with E-state index in [0.29, 0.717) is 37.6 Å². The van der Waals surface area contributed by atoms with Crippen LogP contribution in [0.2, 0.25) is 0 Å². The molecular weight excluding hydrogens is 342 g/mol. The van der Waals surface area contributed by atoms with Crippen molar-refractivity contribution in [1.82, 2.24) is 5.32 Å². The van der Waals surface area contributed by atoms with Crippen molar-refractivity contribution in [3.8, 4) is 11.5 Å². The fraction of sp³-hybridized carbons (Fsp3) is 0.409. The molecule has 2 aromatic carbocycles. The molecule has 1 heterocycles. The Morgan fingerprint density at radius 3 is 2.33 bits per heavy atom. The molecule has 2 aromatic rings. The Labute approximate surface area is 160 Å². The maximum Gasteiger partial charge on any atom is 0.231 e. The van der Waals surface area contributed by atoms with E-state index in [1.165, 1.54) is 0 Å². The molecule has 1 aliphatic rings. The van der Waals surface area contributed by atoms with Crippen molar-refractivity contribution in [2.45, 2.75) is 31.2 Å². The molecule has 1 aliphatic heterocycles. The minimum Gasteiger partial charge on any atom is -0.493 e. The largest absolute Gasteiger partial charge is 0.493 e. The summed E-state index contributed by atoms with van der Waals surface area (Å²) >= 11 is 0. The van der Waals surface area contributed by atoms with Gasteiger partial charge < -0.3 is 19.5 Å². The number of ether oxygens (including phenoxy) is 3. The predicted octanol–water partition coefficient (Wildman–Crippen LogP) is 3.63. The molecule has 5 nitrogen and oxygen atoms in total. The van der Waals surface area contributed by atoms with E-state index in [1.807, 2.05) is 55.5 Å². The van der Waals surface area contributed by atoms with Crippen molar-refractivity contribution in [2.24, 2.45) is 0 Å². The van der Waals surface area contributed by atoms with Crippen LogP contribution in [0.4, 0.5) is 0 Å². The molecule has 1 amide bonds. The topological polar surface area (TPSA) is 56.8 Å². The van der Waals surface area contributed by atoms with Gasteiger partial charge in [0.15, 0.2) is 11.5 Å². The van der Waals surface area contributed by atoms with Crippen molar-refractivity contribution in [2.75, 3.05) is 27.4 Å². The van der Waals surface area contributed by atoms with Gasteiger partial charge in [-0.2, -0.15) is 0 Å². The Hall–Kier alpha value is -2.53. The third-order valence-corrected chi connectivity index (χ3v) is 5.36. The van der Waals surface area contributed by atoms with E-state index < -0.39 is 5.41 Å². The summed E-state index contributed by atoms with van der Waals surface area (Å²) < 4.78 is 16.4. The van der Waals surface area contributed by atoms with Gasteiger partial charge >= 0.3 is 0 Å². The highest BCUT2D eigenvalue weighted by Gasteiger charge is 2.42. The quantitative estimate of drug-likeness (QED) is 0.845. The lowest BCUT2D eigenvalue weighted by atomic mass is 9.73. The zero-order valence-corrected chi connectivity index (χ0v) is 16.2. The van der Waals surface area contributed by atoms with E-state index >= 15 is 0 Å². The monoisotopic (exact) mass is 369 g/mol. The first-order valence-electron chi connectivity index (χ1n) is 9.27. The molecule has 0 bridgehead atoms. The Morgan fingerprint density at radius 1 is 1.04 bits per heavy atom. The highest BCUT2D eigenvalue weighted by molar-refractivity contribution is 5.89. The van der Waals surface area contributed by atoms with E-state index in [4.69, 9.17) is 14.2 Å². The summed E-state index contributed by atoms with van der Waals surface area (Å²) in [4.78, 5) is 13.4. The van der Waals surface area contributed by atoms with Crippen molar-refractivity contribution in [3.63, 3.8) is 0 Å². The van der Waals surface area contributed by atoms with Crippen LogP contribution in [0.1, 0.15) is 36.9 Å². The average Bonchev–Trinajstić information content (AvgIpc) is 2.74. The number of rotatable bonds is 6. The van der Waals surface area contributed by atoms with Crippen LogP contribution in [0.5, 0.6) is 11.5 Å². The summed E-state index contributed by atoms with van der Waals surface area (Å²) in [7, 11) is 3.21. The maximum atomic E-state index is 13.4. The van der Waals surface area contributed by atoms with Gasteiger partial charge in [0.1, 0.15) is 0 Å². The summed E-state index contributed by atoms with van der Waals surface area (Å²) in [5, 5.41) is 3.20. The molecule has 1 saturated heterocycles. The zero-order chi connectivity index (χ0) is 19.3. The molecule has 1 atom stereocenters. The van der Waals surface area contributed by atoms with E-state index in [0.717, 1.165) is 11.1 Å². The Kier molecular flexibility index (Phi) is 6.01. The Morgan fingerprint density at radius 2 is 1.70 bits per heavy atom. The van der Waals surface area contributed by atoms with Crippen LogP contribution < -0.4 is 14.8 Å². The normalized spacial score (nSPS) is 17.0. The van der Waals surface area contributed by atoms with Crippen LogP contribution in [-0.2, 0) is 14.9 Å². The number of amides is 1. The molecule has 1 fully saturated rings. The van der Waals surface area contributed by atoms with Crippen LogP contribution in [0.15, 0.2) is 48.5 Å². The molecular formula is C22H27NO4. The summed E-state index contributed by atoms with van der Waals surface area (Å²) in [6.07, 6.45) is 1.27. The first kappa shape index (κ1) is 19.2. The molecule has 3 rings (SSSR count). The molecule has 27 heavy (non-hydrogen) atoms. The second-order valence-corrected chi connectivity index (χ2v) is 6.87. The fourth-order valence-electron chi connectivity index (χ4n) is 3.66. The second kappa shape index (κ2) is 8.44. The van der Waals surface area contributed by atoms with Crippen LogP contribution in [0.25, 0.3) is 0 Å². The molecule has 0 radical (unpaired) electrons. The van der Waals surface area contributed by atoms with Gasteiger partial charge in [0.05, 0.1) is 25.7 Å². The molecule has 0 spiro atoms. The Balaban J connectivity index is 1.92. The third-order valence-electron chi connectivity index (χ3n) is 5.36. The fourth-order valence-corrected chi connectivity index (χ4v) is 3.66. The van der Waals surface area contributed by atoms with Gasteiger partial charge in [-0.05, 0) is 43.0 Å². The van der Waals surface area contributed by atoms with Gasteiger partial charge in [-0.3, -0.25) is 4.79 Å². The van der Waals surface area contributed by atoms with Crippen LogP contribution in [0.3, 0.4) is 0 Å². The number of carbonyl (C=O) groups excluding carboxylic acids is 1. The molecule has 144 valence electrons. The smallest absolute Gasteiger partial charge is 0.231 e. The molecule has 1 N–H and O–H groups in total. The van der Waals surface area contributed by atoms with E-state index in [1.54, 1.807) is 14.2 Å². The number of hydrogen-bond donors (Lipinski definition) is 1. The highest BCUT2D eigenvalue weighted by atomic mass is 16.5. The number of benzene rings is 2.